The number of aryl methyl sites for hydroxylation is 1. The summed E-state index contributed by atoms with van der Waals surface area (Å²) in [6.45, 7) is 3.79. The van der Waals surface area contributed by atoms with Gasteiger partial charge in [-0.1, -0.05) is 12.1 Å². The Morgan fingerprint density at radius 2 is 1.95 bits per heavy atom. The average molecular weight is 258 g/mol. The van der Waals surface area contributed by atoms with Gasteiger partial charge in [0.25, 0.3) is 5.91 Å². The van der Waals surface area contributed by atoms with Gasteiger partial charge < -0.3 is 11.1 Å². The van der Waals surface area contributed by atoms with Crippen molar-refractivity contribution in [2.24, 2.45) is 0 Å². The number of halogens is 1. The van der Waals surface area contributed by atoms with Crippen LogP contribution in [0.2, 0.25) is 0 Å². The molecule has 0 aromatic heterocycles. The molecule has 0 saturated carbocycles. The number of amides is 1. The van der Waals surface area contributed by atoms with E-state index >= 15 is 0 Å². The highest BCUT2D eigenvalue weighted by Gasteiger charge is 2.12. The van der Waals surface area contributed by atoms with Gasteiger partial charge in [0.05, 0.1) is 5.69 Å². The van der Waals surface area contributed by atoms with Crippen LogP contribution < -0.4 is 11.1 Å². The maximum Gasteiger partial charge on any atom is 0.256 e. The molecule has 2 aromatic rings. The van der Waals surface area contributed by atoms with Crippen molar-refractivity contribution < 1.29 is 9.18 Å². The zero-order valence-corrected chi connectivity index (χ0v) is 10.8. The maximum atomic E-state index is 13.6. The lowest BCUT2D eigenvalue weighted by Crippen LogP contribution is -2.14. The molecule has 0 heterocycles. The van der Waals surface area contributed by atoms with Gasteiger partial charge in [0.15, 0.2) is 0 Å². The molecule has 4 heteroatoms. The molecule has 3 nitrogen and oxygen atoms in total. The second kappa shape index (κ2) is 5.10. The van der Waals surface area contributed by atoms with Crippen LogP contribution in [0.25, 0.3) is 0 Å². The molecule has 0 bridgehead atoms. The molecule has 2 aromatic carbocycles. The zero-order chi connectivity index (χ0) is 14.0. The smallest absolute Gasteiger partial charge is 0.256 e. The third-order valence-corrected chi connectivity index (χ3v) is 3.09. The quantitative estimate of drug-likeness (QED) is 0.812. The number of rotatable bonds is 2. The summed E-state index contributed by atoms with van der Waals surface area (Å²) in [5, 5.41) is 2.55. The van der Waals surface area contributed by atoms with Gasteiger partial charge in [0, 0.05) is 11.3 Å². The van der Waals surface area contributed by atoms with Crippen LogP contribution in [0.1, 0.15) is 21.5 Å². The summed E-state index contributed by atoms with van der Waals surface area (Å²) >= 11 is 0. The average Bonchev–Trinajstić information content (AvgIpc) is 2.36. The number of carbonyl (C=O) groups is 1. The minimum atomic E-state index is -0.543. The molecule has 0 unspecified atom stereocenters. The highest BCUT2D eigenvalue weighted by Crippen LogP contribution is 2.19. The lowest BCUT2D eigenvalue weighted by Gasteiger charge is -2.10. The van der Waals surface area contributed by atoms with Crippen molar-refractivity contribution >= 4 is 17.3 Å². The van der Waals surface area contributed by atoms with Crippen molar-refractivity contribution in [1.82, 2.24) is 0 Å². The van der Waals surface area contributed by atoms with Crippen LogP contribution in [-0.2, 0) is 0 Å². The Labute approximate surface area is 111 Å². The van der Waals surface area contributed by atoms with Gasteiger partial charge in [-0.25, -0.2) is 4.39 Å². The van der Waals surface area contributed by atoms with E-state index in [1.807, 2.05) is 19.9 Å². The molecule has 0 atom stereocenters. The molecule has 1 amide bonds. The topological polar surface area (TPSA) is 55.1 Å². The first-order chi connectivity index (χ1) is 8.99. The molecule has 98 valence electrons. The normalized spacial score (nSPS) is 10.3. The van der Waals surface area contributed by atoms with E-state index in [1.165, 1.54) is 12.1 Å². The van der Waals surface area contributed by atoms with Crippen LogP contribution in [0.3, 0.4) is 0 Å². The highest BCUT2D eigenvalue weighted by molar-refractivity contribution is 6.05. The Balaban J connectivity index is 2.28. The van der Waals surface area contributed by atoms with Crippen LogP contribution in [0.15, 0.2) is 36.4 Å². The van der Waals surface area contributed by atoms with E-state index in [1.54, 1.807) is 18.2 Å². The summed E-state index contributed by atoms with van der Waals surface area (Å²) in [5.74, 6) is -0.872. The fourth-order valence-corrected chi connectivity index (χ4v) is 1.82. The van der Waals surface area contributed by atoms with Crippen molar-refractivity contribution in [2.45, 2.75) is 13.8 Å². The number of anilines is 2. The first-order valence-corrected chi connectivity index (χ1v) is 5.91. The fourth-order valence-electron chi connectivity index (χ4n) is 1.82. The summed E-state index contributed by atoms with van der Waals surface area (Å²) in [6.07, 6.45) is 0. The molecular formula is C15H15FN2O. The maximum absolute atomic E-state index is 13.6. The molecule has 0 radical (unpaired) electrons. The fraction of sp³-hybridized carbons (Fsp3) is 0.133. The van der Waals surface area contributed by atoms with Crippen molar-refractivity contribution in [1.29, 1.82) is 0 Å². The van der Waals surface area contributed by atoms with Gasteiger partial charge in [0.2, 0.25) is 0 Å². The van der Waals surface area contributed by atoms with Crippen molar-refractivity contribution in [3.63, 3.8) is 0 Å². The molecular weight excluding hydrogens is 243 g/mol. The molecule has 0 spiro atoms. The summed E-state index contributed by atoms with van der Waals surface area (Å²) in [6, 6.07) is 9.62. The predicted octanol–water partition coefficient (Wildman–Crippen LogP) is 3.28. The molecule has 2 rings (SSSR count). The van der Waals surface area contributed by atoms with Crippen LogP contribution in [0.4, 0.5) is 15.8 Å². The van der Waals surface area contributed by atoms with E-state index < -0.39 is 5.82 Å². The third-order valence-electron chi connectivity index (χ3n) is 3.09. The van der Waals surface area contributed by atoms with Crippen molar-refractivity contribution in [2.75, 3.05) is 11.1 Å². The highest BCUT2D eigenvalue weighted by atomic mass is 19.1. The van der Waals surface area contributed by atoms with Crippen molar-refractivity contribution in [3.05, 3.63) is 58.9 Å². The summed E-state index contributed by atoms with van der Waals surface area (Å²) < 4.78 is 13.6. The summed E-state index contributed by atoms with van der Waals surface area (Å²) in [5.41, 5.74) is 8.35. The number of nitrogen functional groups attached to an aromatic ring is 1. The molecule has 0 aliphatic carbocycles. The van der Waals surface area contributed by atoms with E-state index in [-0.39, 0.29) is 11.6 Å². The monoisotopic (exact) mass is 258 g/mol. The number of benzene rings is 2. The van der Waals surface area contributed by atoms with E-state index in [0.717, 1.165) is 11.1 Å². The predicted molar refractivity (Wildman–Crippen MR) is 74.7 cm³/mol. The van der Waals surface area contributed by atoms with Gasteiger partial charge in [-0.3, -0.25) is 4.79 Å². The first-order valence-electron chi connectivity index (χ1n) is 5.91. The van der Waals surface area contributed by atoms with Crippen LogP contribution in [0.5, 0.6) is 0 Å². The lowest BCUT2D eigenvalue weighted by molar-refractivity contribution is 0.102. The van der Waals surface area contributed by atoms with Gasteiger partial charge in [0.1, 0.15) is 5.82 Å². The Kier molecular flexibility index (Phi) is 3.51. The Hall–Kier alpha value is -2.36. The van der Waals surface area contributed by atoms with E-state index in [4.69, 9.17) is 5.73 Å². The minimum Gasteiger partial charge on any atom is -0.399 e. The number of nitrogens with one attached hydrogen (secondary N) is 1. The molecule has 0 aliphatic heterocycles. The standard InChI is InChI=1S/C15H15FN2O/c1-9-4-3-5-12(10(9)2)15(19)18-14-7-6-11(17)8-13(14)16/h3-8H,17H2,1-2H3,(H,18,19). The Bertz CT molecular complexity index is 638. The minimum absolute atomic E-state index is 0.125. The van der Waals surface area contributed by atoms with E-state index in [2.05, 4.69) is 5.32 Å². The van der Waals surface area contributed by atoms with Crippen LogP contribution in [-0.4, -0.2) is 5.91 Å². The number of nitrogens with two attached hydrogens (primary N) is 1. The van der Waals surface area contributed by atoms with Gasteiger partial charge in [-0.2, -0.15) is 0 Å². The van der Waals surface area contributed by atoms with E-state index in [9.17, 15) is 9.18 Å². The number of hydrogen-bond acceptors (Lipinski definition) is 2. The van der Waals surface area contributed by atoms with Crippen LogP contribution in [0, 0.1) is 19.7 Å². The second-order valence-corrected chi connectivity index (χ2v) is 4.44. The molecule has 0 aliphatic rings. The Morgan fingerprint density at radius 1 is 1.21 bits per heavy atom. The van der Waals surface area contributed by atoms with Gasteiger partial charge in [-0.05, 0) is 49.2 Å². The van der Waals surface area contributed by atoms with Crippen LogP contribution >= 0.6 is 0 Å². The molecule has 19 heavy (non-hydrogen) atoms. The van der Waals surface area contributed by atoms with Gasteiger partial charge in [-0.15, -0.1) is 0 Å². The number of hydrogen-bond donors (Lipinski definition) is 2. The largest absolute Gasteiger partial charge is 0.399 e. The van der Waals surface area contributed by atoms with Gasteiger partial charge >= 0.3 is 0 Å². The molecule has 3 N–H and O–H groups in total. The zero-order valence-electron chi connectivity index (χ0n) is 10.8. The molecule has 0 fully saturated rings. The lowest BCUT2D eigenvalue weighted by atomic mass is 10.0. The summed E-state index contributed by atoms with van der Waals surface area (Å²) in [4.78, 5) is 12.1. The second-order valence-electron chi connectivity index (χ2n) is 4.44. The van der Waals surface area contributed by atoms with E-state index in [0.29, 0.717) is 11.3 Å². The van der Waals surface area contributed by atoms with Crippen molar-refractivity contribution in [3.8, 4) is 0 Å². The third kappa shape index (κ3) is 2.73. The number of carbonyl (C=O) groups excluding carboxylic acids is 1. The first kappa shape index (κ1) is 13.1. The SMILES string of the molecule is Cc1cccc(C(=O)Nc2ccc(N)cc2F)c1C. The summed E-state index contributed by atoms with van der Waals surface area (Å²) in [7, 11) is 0. The Morgan fingerprint density at radius 3 is 2.63 bits per heavy atom. The molecule has 0 saturated heterocycles.